The van der Waals surface area contributed by atoms with Gasteiger partial charge in [0, 0.05) is 16.8 Å². The minimum absolute atomic E-state index is 0.0604. The molecule has 0 aliphatic carbocycles. The van der Waals surface area contributed by atoms with Crippen LogP contribution >= 0.6 is 23.1 Å². The van der Waals surface area contributed by atoms with E-state index in [-0.39, 0.29) is 10.6 Å². The van der Waals surface area contributed by atoms with Crippen LogP contribution in [0.2, 0.25) is 0 Å². The number of thioether (sulfide) groups is 1. The Morgan fingerprint density at radius 2 is 2.10 bits per heavy atom. The van der Waals surface area contributed by atoms with Crippen molar-refractivity contribution in [2.75, 3.05) is 12.3 Å². The lowest BCUT2D eigenvalue weighted by atomic mass is 10.2. The van der Waals surface area contributed by atoms with E-state index in [0.29, 0.717) is 17.4 Å². The number of thiophene rings is 1. The third kappa shape index (κ3) is 6.07. The summed E-state index contributed by atoms with van der Waals surface area (Å²) in [5.74, 6) is -1.03. The van der Waals surface area contributed by atoms with Gasteiger partial charge in [0.25, 0.3) is 0 Å². The van der Waals surface area contributed by atoms with Crippen LogP contribution in [0.4, 0.5) is 4.79 Å². The standard InChI is InChI=1S/C12H16N2O4S2/c1-7(2)4-13-12(18)14-10(15)6-19-8-3-9(11(16)17)20-5-8/h3,5,7H,4,6H2,1-2H3,(H,16,17)(H2,13,14,15,18). The molecule has 8 heteroatoms. The van der Waals surface area contributed by atoms with Crippen LogP contribution in [-0.2, 0) is 4.79 Å². The molecule has 110 valence electrons. The number of carboxylic acids is 1. The molecule has 1 aromatic rings. The van der Waals surface area contributed by atoms with E-state index in [0.717, 1.165) is 11.3 Å². The fourth-order valence-corrected chi connectivity index (χ4v) is 2.83. The van der Waals surface area contributed by atoms with Crippen LogP contribution < -0.4 is 10.6 Å². The minimum Gasteiger partial charge on any atom is -0.477 e. The lowest BCUT2D eigenvalue weighted by molar-refractivity contribution is -0.117. The number of carbonyl (C=O) groups is 3. The number of hydrogen-bond acceptors (Lipinski definition) is 5. The second-order valence-corrected chi connectivity index (χ2v) is 6.35. The second kappa shape index (κ2) is 7.91. The highest BCUT2D eigenvalue weighted by Gasteiger charge is 2.11. The molecule has 0 bridgehead atoms. The molecule has 0 aliphatic heterocycles. The Kier molecular flexibility index (Phi) is 6.53. The Bertz CT molecular complexity index is 499. The van der Waals surface area contributed by atoms with Gasteiger partial charge in [-0.1, -0.05) is 13.8 Å². The Labute approximate surface area is 124 Å². The highest BCUT2D eigenvalue weighted by atomic mass is 32.2. The third-order valence-corrected chi connectivity index (χ3v) is 4.12. The average Bonchev–Trinajstić information content (AvgIpc) is 2.83. The maximum Gasteiger partial charge on any atom is 0.345 e. The zero-order chi connectivity index (χ0) is 15.1. The van der Waals surface area contributed by atoms with E-state index < -0.39 is 17.9 Å². The summed E-state index contributed by atoms with van der Waals surface area (Å²) >= 11 is 2.29. The van der Waals surface area contributed by atoms with Crippen LogP contribution in [0.15, 0.2) is 16.3 Å². The number of amides is 3. The Balaban J connectivity index is 2.32. The van der Waals surface area contributed by atoms with Gasteiger partial charge in [-0.3, -0.25) is 10.1 Å². The van der Waals surface area contributed by atoms with Crippen molar-refractivity contribution < 1.29 is 19.5 Å². The normalized spacial score (nSPS) is 10.3. The van der Waals surface area contributed by atoms with E-state index in [1.165, 1.54) is 17.8 Å². The predicted molar refractivity (Wildman–Crippen MR) is 78.4 cm³/mol. The molecule has 0 unspecified atom stereocenters. The molecule has 0 aliphatic rings. The van der Waals surface area contributed by atoms with Crippen LogP contribution in [0.1, 0.15) is 23.5 Å². The summed E-state index contributed by atoms with van der Waals surface area (Å²) in [5, 5.41) is 15.2. The van der Waals surface area contributed by atoms with Gasteiger partial charge >= 0.3 is 12.0 Å². The smallest absolute Gasteiger partial charge is 0.345 e. The predicted octanol–water partition coefficient (Wildman–Crippen LogP) is 2.02. The number of carboxylic acid groups (broad SMARTS) is 1. The zero-order valence-electron chi connectivity index (χ0n) is 11.1. The van der Waals surface area contributed by atoms with Crippen molar-refractivity contribution in [3.8, 4) is 0 Å². The molecule has 1 heterocycles. The third-order valence-electron chi connectivity index (χ3n) is 2.08. The maximum absolute atomic E-state index is 11.5. The molecule has 0 saturated heterocycles. The summed E-state index contributed by atoms with van der Waals surface area (Å²) in [5.41, 5.74) is 0. The van der Waals surface area contributed by atoms with Crippen LogP contribution in [-0.4, -0.2) is 35.3 Å². The number of urea groups is 1. The van der Waals surface area contributed by atoms with Gasteiger partial charge in [-0.2, -0.15) is 0 Å². The molecular formula is C12H16N2O4S2. The number of carbonyl (C=O) groups excluding carboxylic acids is 2. The van der Waals surface area contributed by atoms with Gasteiger partial charge in [-0.05, 0) is 12.0 Å². The van der Waals surface area contributed by atoms with Crippen molar-refractivity contribution in [1.82, 2.24) is 10.6 Å². The van der Waals surface area contributed by atoms with Crippen molar-refractivity contribution >= 4 is 41.0 Å². The number of imide groups is 1. The fraction of sp³-hybridized carbons (Fsp3) is 0.417. The van der Waals surface area contributed by atoms with Crippen molar-refractivity contribution in [2.45, 2.75) is 18.7 Å². The number of nitrogens with one attached hydrogen (secondary N) is 2. The van der Waals surface area contributed by atoms with Crippen LogP contribution in [0.25, 0.3) is 0 Å². The highest BCUT2D eigenvalue weighted by molar-refractivity contribution is 8.00. The van der Waals surface area contributed by atoms with Crippen molar-refractivity contribution in [1.29, 1.82) is 0 Å². The summed E-state index contributed by atoms with van der Waals surface area (Å²) < 4.78 is 0. The maximum atomic E-state index is 11.5. The lowest BCUT2D eigenvalue weighted by Crippen LogP contribution is -2.41. The van der Waals surface area contributed by atoms with E-state index in [1.54, 1.807) is 5.38 Å². The molecule has 0 atom stereocenters. The zero-order valence-corrected chi connectivity index (χ0v) is 12.8. The minimum atomic E-state index is -0.987. The molecule has 1 rings (SSSR count). The number of aromatic carboxylic acids is 1. The van der Waals surface area contributed by atoms with Crippen molar-refractivity contribution in [3.05, 3.63) is 16.3 Å². The van der Waals surface area contributed by atoms with Gasteiger partial charge in [-0.25, -0.2) is 9.59 Å². The molecule has 0 spiro atoms. The molecule has 0 radical (unpaired) electrons. The summed E-state index contributed by atoms with van der Waals surface area (Å²) in [6.45, 7) is 4.40. The first-order valence-corrected chi connectivity index (χ1v) is 7.77. The molecular weight excluding hydrogens is 300 g/mol. The quantitative estimate of drug-likeness (QED) is 0.698. The Morgan fingerprint density at radius 1 is 1.40 bits per heavy atom. The summed E-state index contributed by atoms with van der Waals surface area (Å²) in [7, 11) is 0. The lowest BCUT2D eigenvalue weighted by Gasteiger charge is -2.08. The van der Waals surface area contributed by atoms with Crippen molar-refractivity contribution in [2.24, 2.45) is 5.92 Å². The molecule has 20 heavy (non-hydrogen) atoms. The average molecular weight is 316 g/mol. The van der Waals surface area contributed by atoms with Gasteiger partial charge in [0.05, 0.1) is 5.75 Å². The Hall–Kier alpha value is -1.54. The van der Waals surface area contributed by atoms with Gasteiger partial charge in [-0.15, -0.1) is 23.1 Å². The number of hydrogen-bond donors (Lipinski definition) is 3. The summed E-state index contributed by atoms with van der Waals surface area (Å²) in [6.07, 6.45) is 0. The topological polar surface area (TPSA) is 95.5 Å². The molecule has 0 saturated carbocycles. The molecule has 3 N–H and O–H groups in total. The molecule has 3 amide bonds. The van der Waals surface area contributed by atoms with E-state index in [4.69, 9.17) is 5.11 Å². The Morgan fingerprint density at radius 3 is 2.65 bits per heavy atom. The summed E-state index contributed by atoms with van der Waals surface area (Å²) in [6, 6.07) is 0.991. The second-order valence-electron chi connectivity index (χ2n) is 4.39. The largest absolute Gasteiger partial charge is 0.477 e. The fourth-order valence-electron chi connectivity index (χ4n) is 1.16. The van der Waals surface area contributed by atoms with Crippen LogP contribution in [0.3, 0.4) is 0 Å². The highest BCUT2D eigenvalue weighted by Crippen LogP contribution is 2.24. The van der Waals surface area contributed by atoms with Crippen LogP contribution in [0, 0.1) is 5.92 Å². The monoisotopic (exact) mass is 316 g/mol. The summed E-state index contributed by atoms with van der Waals surface area (Å²) in [4.78, 5) is 34.5. The van der Waals surface area contributed by atoms with Crippen molar-refractivity contribution in [3.63, 3.8) is 0 Å². The van der Waals surface area contributed by atoms with E-state index >= 15 is 0 Å². The van der Waals surface area contributed by atoms with Gasteiger partial charge < -0.3 is 10.4 Å². The van der Waals surface area contributed by atoms with Gasteiger partial charge in [0.2, 0.25) is 5.91 Å². The van der Waals surface area contributed by atoms with Gasteiger partial charge in [0.15, 0.2) is 0 Å². The van der Waals surface area contributed by atoms with Gasteiger partial charge in [0.1, 0.15) is 4.88 Å². The first-order chi connectivity index (χ1) is 9.38. The first kappa shape index (κ1) is 16.5. The molecule has 0 fully saturated rings. The SMILES string of the molecule is CC(C)CNC(=O)NC(=O)CSc1csc(C(=O)O)c1. The number of rotatable bonds is 6. The van der Waals surface area contributed by atoms with Crippen LogP contribution in [0.5, 0.6) is 0 Å². The molecule has 6 nitrogen and oxygen atoms in total. The molecule has 0 aromatic carbocycles. The molecule has 1 aromatic heterocycles. The van der Waals surface area contributed by atoms with E-state index in [1.807, 2.05) is 13.8 Å². The first-order valence-electron chi connectivity index (χ1n) is 5.90. The van der Waals surface area contributed by atoms with E-state index in [2.05, 4.69) is 10.6 Å². The van der Waals surface area contributed by atoms with E-state index in [9.17, 15) is 14.4 Å².